The van der Waals surface area contributed by atoms with E-state index in [1.165, 1.54) is 17.6 Å². The van der Waals surface area contributed by atoms with Crippen LogP contribution in [-0.4, -0.2) is 4.43 Å². The molecule has 0 aromatic carbocycles. The quantitative estimate of drug-likeness (QED) is 0.397. The minimum Gasteiger partial charge on any atom is -0.0847 e. The molecule has 0 heterocycles. The molecule has 0 aliphatic rings. The van der Waals surface area contributed by atoms with Gasteiger partial charge in [0.1, 0.15) is 0 Å². The summed E-state index contributed by atoms with van der Waals surface area (Å²) in [7, 11) is 0. The third kappa shape index (κ3) is 8.31. The van der Waals surface area contributed by atoms with Crippen molar-refractivity contribution in [2.75, 3.05) is 4.43 Å². The standard InChI is InChI=1S/C9H15I.C2H6/c1-4-8(3)6-9(5-2)7-10;1-2/h4,6H,5,7H2,1-3H3;1-2H3/b8-4-,9-6+;. The Balaban J connectivity index is 0. The van der Waals surface area contributed by atoms with Crippen LogP contribution in [0.15, 0.2) is 23.3 Å². The Morgan fingerprint density at radius 2 is 1.83 bits per heavy atom. The Morgan fingerprint density at radius 3 is 2.08 bits per heavy atom. The molecule has 12 heavy (non-hydrogen) atoms. The molecule has 1 heteroatoms. The van der Waals surface area contributed by atoms with Gasteiger partial charge in [0.15, 0.2) is 0 Å². The number of hydrogen-bond acceptors (Lipinski definition) is 0. The second-order valence-corrected chi connectivity index (χ2v) is 3.09. The molecule has 0 fully saturated rings. The van der Waals surface area contributed by atoms with Crippen LogP contribution in [0.3, 0.4) is 0 Å². The highest BCUT2D eigenvalue weighted by atomic mass is 127. The van der Waals surface area contributed by atoms with E-state index in [9.17, 15) is 0 Å². The molecule has 0 rings (SSSR count). The van der Waals surface area contributed by atoms with E-state index in [2.05, 4.69) is 55.5 Å². The molecular weight excluding hydrogens is 259 g/mol. The van der Waals surface area contributed by atoms with Crippen LogP contribution < -0.4 is 0 Å². The molecule has 0 nitrogen and oxygen atoms in total. The number of hydrogen-bond donors (Lipinski definition) is 0. The number of halogens is 1. The molecule has 0 unspecified atom stereocenters. The predicted octanol–water partition coefficient (Wildman–Crippen LogP) is 4.75. The topological polar surface area (TPSA) is 0 Å². The summed E-state index contributed by atoms with van der Waals surface area (Å²) in [6.07, 6.45) is 5.59. The predicted molar refractivity (Wildman–Crippen MR) is 68.0 cm³/mol. The van der Waals surface area contributed by atoms with Crippen LogP contribution in [0.1, 0.15) is 41.0 Å². The Labute approximate surface area is 91.3 Å². The monoisotopic (exact) mass is 280 g/mol. The van der Waals surface area contributed by atoms with Crippen LogP contribution >= 0.6 is 22.6 Å². The zero-order chi connectivity index (χ0) is 9.98. The Morgan fingerprint density at radius 1 is 1.33 bits per heavy atom. The number of rotatable bonds is 3. The van der Waals surface area contributed by atoms with Crippen molar-refractivity contribution in [2.45, 2.75) is 41.0 Å². The first-order valence-electron chi connectivity index (χ1n) is 4.62. The lowest BCUT2D eigenvalue weighted by Crippen LogP contribution is -1.81. The molecule has 72 valence electrons. The van der Waals surface area contributed by atoms with Crippen LogP contribution in [0.2, 0.25) is 0 Å². The highest BCUT2D eigenvalue weighted by Gasteiger charge is 1.89. The van der Waals surface area contributed by atoms with Gasteiger partial charge in [0, 0.05) is 4.43 Å². The largest absolute Gasteiger partial charge is 0.0847 e. The van der Waals surface area contributed by atoms with E-state index in [1.807, 2.05) is 13.8 Å². The number of allylic oxidation sites excluding steroid dienone is 4. The fourth-order valence-corrected chi connectivity index (χ4v) is 1.40. The van der Waals surface area contributed by atoms with Crippen LogP contribution in [0.4, 0.5) is 0 Å². The fourth-order valence-electron chi connectivity index (χ4n) is 0.640. The van der Waals surface area contributed by atoms with Gasteiger partial charge < -0.3 is 0 Å². The molecule has 0 saturated heterocycles. The van der Waals surface area contributed by atoms with Crippen molar-refractivity contribution in [3.8, 4) is 0 Å². The van der Waals surface area contributed by atoms with Crippen molar-refractivity contribution in [1.29, 1.82) is 0 Å². The summed E-state index contributed by atoms with van der Waals surface area (Å²) in [5.74, 6) is 0. The van der Waals surface area contributed by atoms with Gasteiger partial charge in [-0.05, 0) is 20.3 Å². The normalized spacial score (nSPS) is 12.2. The van der Waals surface area contributed by atoms with Crippen molar-refractivity contribution in [2.24, 2.45) is 0 Å². The van der Waals surface area contributed by atoms with Gasteiger partial charge in [0.05, 0.1) is 0 Å². The molecular formula is C11H21I. The molecule has 0 bridgehead atoms. The molecule has 0 amide bonds. The smallest absolute Gasteiger partial charge is 0.0209 e. The molecule has 0 radical (unpaired) electrons. The van der Waals surface area contributed by atoms with E-state index in [4.69, 9.17) is 0 Å². The minimum absolute atomic E-state index is 1.15. The van der Waals surface area contributed by atoms with Gasteiger partial charge in [0.2, 0.25) is 0 Å². The molecule has 0 spiro atoms. The molecule has 0 N–H and O–H groups in total. The Kier molecular flexibility index (Phi) is 13.7. The van der Waals surface area contributed by atoms with E-state index in [1.54, 1.807) is 0 Å². The van der Waals surface area contributed by atoms with Crippen molar-refractivity contribution in [3.63, 3.8) is 0 Å². The first-order chi connectivity index (χ1) is 5.74. The lowest BCUT2D eigenvalue weighted by atomic mass is 10.1. The van der Waals surface area contributed by atoms with E-state index in [0.29, 0.717) is 0 Å². The molecule has 0 aromatic heterocycles. The summed E-state index contributed by atoms with van der Waals surface area (Å²) in [6, 6.07) is 0. The average molecular weight is 280 g/mol. The van der Waals surface area contributed by atoms with E-state index in [-0.39, 0.29) is 0 Å². The SMILES string of the molecule is C/C=C(C)\C=C(/CC)CI.CC. The second kappa shape index (κ2) is 11.2. The minimum atomic E-state index is 1.15. The zero-order valence-electron chi connectivity index (χ0n) is 8.95. The third-order valence-corrected chi connectivity index (χ3v) is 2.49. The lowest BCUT2D eigenvalue weighted by Gasteiger charge is -1.97. The molecule has 0 aromatic rings. The Hall–Kier alpha value is 0.210. The summed E-state index contributed by atoms with van der Waals surface area (Å²) in [6.45, 7) is 10.4. The highest BCUT2D eigenvalue weighted by Crippen LogP contribution is 2.08. The van der Waals surface area contributed by atoms with Gasteiger partial charge in [-0.15, -0.1) is 0 Å². The second-order valence-electron chi connectivity index (χ2n) is 2.32. The maximum atomic E-state index is 2.40. The van der Waals surface area contributed by atoms with E-state index in [0.717, 1.165) is 4.43 Å². The number of alkyl halides is 1. The third-order valence-electron chi connectivity index (χ3n) is 1.51. The van der Waals surface area contributed by atoms with E-state index >= 15 is 0 Å². The average Bonchev–Trinajstić information content (AvgIpc) is 2.16. The van der Waals surface area contributed by atoms with Gasteiger partial charge in [-0.25, -0.2) is 0 Å². The zero-order valence-corrected chi connectivity index (χ0v) is 11.1. The van der Waals surface area contributed by atoms with Crippen LogP contribution in [0, 0.1) is 0 Å². The molecule has 0 saturated carbocycles. The van der Waals surface area contributed by atoms with Gasteiger partial charge in [-0.3, -0.25) is 0 Å². The molecule has 0 atom stereocenters. The Bertz CT molecular complexity index is 137. The molecule has 0 aliphatic heterocycles. The first-order valence-corrected chi connectivity index (χ1v) is 6.15. The van der Waals surface area contributed by atoms with Gasteiger partial charge in [-0.2, -0.15) is 0 Å². The van der Waals surface area contributed by atoms with Gasteiger partial charge in [-0.1, -0.05) is 66.7 Å². The summed E-state index contributed by atoms with van der Waals surface area (Å²) >= 11 is 2.40. The summed E-state index contributed by atoms with van der Waals surface area (Å²) < 4.78 is 1.15. The maximum absolute atomic E-state index is 2.40. The van der Waals surface area contributed by atoms with Crippen LogP contribution in [0.25, 0.3) is 0 Å². The van der Waals surface area contributed by atoms with Crippen molar-refractivity contribution >= 4 is 22.6 Å². The van der Waals surface area contributed by atoms with Crippen LogP contribution in [0.5, 0.6) is 0 Å². The van der Waals surface area contributed by atoms with Crippen molar-refractivity contribution in [3.05, 3.63) is 23.3 Å². The first kappa shape index (κ1) is 14.7. The summed E-state index contributed by atoms with van der Waals surface area (Å²) in [5, 5.41) is 0. The highest BCUT2D eigenvalue weighted by molar-refractivity contribution is 14.1. The van der Waals surface area contributed by atoms with Gasteiger partial charge in [0.25, 0.3) is 0 Å². The van der Waals surface area contributed by atoms with E-state index < -0.39 is 0 Å². The van der Waals surface area contributed by atoms with Crippen molar-refractivity contribution < 1.29 is 0 Å². The fraction of sp³-hybridized carbons (Fsp3) is 0.636. The van der Waals surface area contributed by atoms with Crippen LogP contribution in [-0.2, 0) is 0 Å². The lowest BCUT2D eigenvalue weighted by molar-refractivity contribution is 1.11. The maximum Gasteiger partial charge on any atom is 0.0209 e. The summed E-state index contributed by atoms with van der Waals surface area (Å²) in [4.78, 5) is 0. The van der Waals surface area contributed by atoms with Gasteiger partial charge >= 0.3 is 0 Å². The molecule has 0 aliphatic carbocycles. The van der Waals surface area contributed by atoms with Crippen molar-refractivity contribution in [1.82, 2.24) is 0 Å². The summed E-state index contributed by atoms with van der Waals surface area (Å²) in [5.41, 5.74) is 2.89.